The molecule has 0 radical (unpaired) electrons. The number of esters is 1. The van der Waals surface area contributed by atoms with Gasteiger partial charge in [0.25, 0.3) is 6.43 Å². The van der Waals surface area contributed by atoms with E-state index in [1.165, 1.54) is 12.1 Å². The number of carbonyl (C=O) groups excluding carboxylic acids is 1. The van der Waals surface area contributed by atoms with E-state index in [1.807, 2.05) is 0 Å². The average Bonchev–Trinajstić information content (AvgIpc) is 2.34. The lowest BCUT2D eigenvalue weighted by Crippen LogP contribution is -2.33. The molecule has 0 saturated heterocycles. The van der Waals surface area contributed by atoms with Crippen molar-refractivity contribution >= 4 is 5.97 Å². The number of hydrogen-bond donors (Lipinski definition) is 1. The summed E-state index contributed by atoms with van der Waals surface area (Å²) in [4.78, 5) is 11.9. The Bertz CT molecular complexity index is 438. The molecular formula is C15H21F2NO2. The second kappa shape index (κ2) is 6.79. The molecule has 1 atom stereocenters. The first-order valence-corrected chi connectivity index (χ1v) is 6.53. The van der Waals surface area contributed by atoms with Crippen LogP contribution in [0.3, 0.4) is 0 Å². The Hall–Kier alpha value is -1.49. The van der Waals surface area contributed by atoms with Gasteiger partial charge in [0.15, 0.2) is 0 Å². The monoisotopic (exact) mass is 285 g/mol. The van der Waals surface area contributed by atoms with Crippen LogP contribution in [0.4, 0.5) is 8.78 Å². The summed E-state index contributed by atoms with van der Waals surface area (Å²) in [5, 5.41) is 0. The van der Waals surface area contributed by atoms with E-state index in [1.54, 1.807) is 32.9 Å². The second-order valence-corrected chi connectivity index (χ2v) is 5.71. The topological polar surface area (TPSA) is 52.3 Å². The maximum absolute atomic E-state index is 12.4. The van der Waals surface area contributed by atoms with Crippen molar-refractivity contribution in [3.05, 3.63) is 35.4 Å². The van der Waals surface area contributed by atoms with Crippen molar-refractivity contribution in [1.29, 1.82) is 0 Å². The summed E-state index contributed by atoms with van der Waals surface area (Å²) in [6, 6.07) is 5.91. The van der Waals surface area contributed by atoms with E-state index in [2.05, 4.69) is 0 Å². The van der Waals surface area contributed by atoms with Crippen LogP contribution in [-0.2, 0) is 16.0 Å². The number of halogens is 2. The van der Waals surface area contributed by atoms with Crippen LogP contribution in [0.2, 0.25) is 0 Å². The Balaban J connectivity index is 2.71. The van der Waals surface area contributed by atoms with Gasteiger partial charge < -0.3 is 10.5 Å². The lowest BCUT2D eigenvalue weighted by Gasteiger charge is -2.23. The van der Waals surface area contributed by atoms with E-state index in [9.17, 15) is 13.6 Å². The minimum absolute atomic E-state index is 0.0321. The Morgan fingerprint density at radius 1 is 1.25 bits per heavy atom. The molecule has 1 unspecified atom stereocenters. The molecule has 0 saturated carbocycles. The lowest BCUT2D eigenvalue weighted by molar-refractivity contribution is -0.159. The molecule has 5 heteroatoms. The fourth-order valence-corrected chi connectivity index (χ4v) is 1.73. The number of ether oxygens (including phenoxy) is 1. The van der Waals surface area contributed by atoms with Crippen molar-refractivity contribution in [2.75, 3.05) is 6.54 Å². The predicted octanol–water partition coefficient (Wildman–Crippen LogP) is 3.08. The highest BCUT2D eigenvalue weighted by Gasteiger charge is 2.24. The average molecular weight is 285 g/mol. The molecule has 20 heavy (non-hydrogen) atoms. The third kappa shape index (κ3) is 5.25. The van der Waals surface area contributed by atoms with Crippen LogP contribution in [0, 0.1) is 5.92 Å². The Labute approximate surface area is 118 Å². The molecule has 2 N–H and O–H groups in total. The van der Waals surface area contributed by atoms with E-state index in [4.69, 9.17) is 10.5 Å². The van der Waals surface area contributed by atoms with E-state index in [0.29, 0.717) is 6.42 Å². The van der Waals surface area contributed by atoms with E-state index in [0.717, 1.165) is 5.56 Å². The molecule has 0 aliphatic carbocycles. The summed E-state index contributed by atoms with van der Waals surface area (Å²) < 4.78 is 30.2. The Kier molecular flexibility index (Phi) is 5.62. The smallest absolute Gasteiger partial charge is 0.311 e. The van der Waals surface area contributed by atoms with Gasteiger partial charge in [0.05, 0.1) is 5.92 Å². The number of benzene rings is 1. The number of carbonyl (C=O) groups is 1. The van der Waals surface area contributed by atoms with E-state index >= 15 is 0 Å². The number of rotatable bonds is 5. The van der Waals surface area contributed by atoms with Crippen molar-refractivity contribution in [1.82, 2.24) is 0 Å². The summed E-state index contributed by atoms with van der Waals surface area (Å²) in [6.45, 7) is 5.52. The Morgan fingerprint density at radius 3 is 2.20 bits per heavy atom. The lowest BCUT2D eigenvalue weighted by atomic mass is 9.98. The summed E-state index contributed by atoms with van der Waals surface area (Å²) in [5.41, 5.74) is 5.79. The fraction of sp³-hybridized carbons (Fsp3) is 0.533. The molecule has 112 valence electrons. The van der Waals surface area contributed by atoms with Crippen LogP contribution in [0.15, 0.2) is 24.3 Å². The van der Waals surface area contributed by atoms with Crippen LogP contribution < -0.4 is 5.73 Å². The van der Waals surface area contributed by atoms with Gasteiger partial charge >= 0.3 is 5.97 Å². The van der Waals surface area contributed by atoms with Crippen molar-refractivity contribution in [3.8, 4) is 0 Å². The quantitative estimate of drug-likeness (QED) is 0.846. The maximum atomic E-state index is 12.4. The zero-order chi connectivity index (χ0) is 15.3. The molecule has 1 aromatic carbocycles. The molecule has 3 nitrogen and oxygen atoms in total. The molecule has 0 aliphatic heterocycles. The summed E-state index contributed by atoms with van der Waals surface area (Å²) >= 11 is 0. The minimum Gasteiger partial charge on any atom is -0.460 e. The normalized spacial score (nSPS) is 13.3. The predicted molar refractivity (Wildman–Crippen MR) is 73.5 cm³/mol. The van der Waals surface area contributed by atoms with Crippen LogP contribution in [0.25, 0.3) is 0 Å². The zero-order valence-electron chi connectivity index (χ0n) is 12.0. The first kappa shape index (κ1) is 16.6. The molecule has 0 aromatic heterocycles. The van der Waals surface area contributed by atoms with Crippen LogP contribution in [-0.4, -0.2) is 18.1 Å². The van der Waals surface area contributed by atoms with Crippen LogP contribution in [0.1, 0.15) is 38.3 Å². The largest absolute Gasteiger partial charge is 0.460 e. The molecule has 0 aliphatic rings. The van der Waals surface area contributed by atoms with Gasteiger partial charge in [-0.3, -0.25) is 4.79 Å². The molecule has 0 fully saturated rings. The zero-order valence-corrected chi connectivity index (χ0v) is 12.0. The van der Waals surface area contributed by atoms with Crippen molar-refractivity contribution < 1.29 is 18.3 Å². The van der Waals surface area contributed by atoms with Crippen molar-refractivity contribution in [3.63, 3.8) is 0 Å². The third-order valence-electron chi connectivity index (χ3n) is 2.74. The molecule has 0 heterocycles. The Morgan fingerprint density at radius 2 is 1.80 bits per heavy atom. The highest BCUT2D eigenvalue weighted by molar-refractivity contribution is 5.73. The summed E-state index contributed by atoms with van der Waals surface area (Å²) in [7, 11) is 0. The van der Waals surface area contributed by atoms with Crippen molar-refractivity contribution in [2.24, 2.45) is 11.7 Å². The van der Waals surface area contributed by atoms with Gasteiger partial charge in [0, 0.05) is 12.1 Å². The summed E-state index contributed by atoms with van der Waals surface area (Å²) in [5.74, 6) is -0.829. The highest BCUT2D eigenvalue weighted by atomic mass is 19.3. The molecule has 1 rings (SSSR count). The second-order valence-electron chi connectivity index (χ2n) is 5.71. The third-order valence-corrected chi connectivity index (χ3v) is 2.74. The van der Waals surface area contributed by atoms with Gasteiger partial charge in [-0.1, -0.05) is 24.3 Å². The van der Waals surface area contributed by atoms with Gasteiger partial charge in [-0.15, -0.1) is 0 Å². The maximum Gasteiger partial charge on any atom is 0.311 e. The van der Waals surface area contributed by atoms with E-state index in [-0.39, 0.29) is 18.1 Å². The standard InChI is InChI=1S/C15H21F2NO2/c1-15(2,3)20-14(19)12(9-18)8-10-4-6-11(7-5-10)13(16)17/h4-7,12-13H,8-9,18H2,1-3H3. The van der Waals surface area contributed by atoms with Crippen molar-refractivity contribution in [2.45, 2.75) is 39.2 Å². The van der Waals surface area contributed by atoms with Gasteiger partial charge in [-0.25, -0.2) is 8.78 Å². The van der Waals surface area contributed by atoms with Gasteiger partial charge in [-0.2, -0.15) is 0 Å². The first-order chi connectivity index (χ1) is 9.23. The fourth-order valence-electron chi connectivity index (χ4n) is 1.73. The van der Waals surface area contributed by atoms with Gasteiger partial charge in [-0.05, 0) is 32.8 Å². The highest BCUT2D eigenvalue weighted by Crippen LogP contribution is 2.20. The number of hydrogen-bond acceptors (Lipinski definition) is 3. The number of nitrogens with two attached hydrogens (primary N) is 1. The molecule has 0 bridgehead atoms. The SMILES string of the molecule is CC(C)(C)OC(=O)C(CN)Cc1ccc(C(F)F)cc1. The molecular weight excluding hydrogens is 264 g/mol. The first-order valence-electron chi connectivity index (χ1n) is 6.53. The van der Waals surface area contributed by atoms with Gasteiger partial charge in [0.1, 0.15) is 5.60 Å². The number of alkyl halides is 2. The van der Waals surface area contributed by atoms with E-state index < -0.39 is 17.9 Å². The molecule has 1 aromatic rings. The van der Waals surface area contributed by atoms with Crippen LogP contribution >= 0.6 is 0 Å². The van der Waals surface area contributed by atoms with Crippen LogP contribution in [0.5, 0.6) is 0 Å². The summed E-state index contributed by atoms with van der Waals surface area (Å²) in [6.07, 6.45) is -2.10. The minimum atomic E-state index is -2.49. The van der Waals surface area contributed by atoms with Gasteiger partial charge in [0.2, 0.25) is 0 Å². The molecule has 0 amide bonds. The molecule has 0 spiro atoms.